The summed E-state index contributed by atoms with van der Waals surface area (Å²) < 4.78 is 2.16. The Kier molecular flexibility index (Phi) is 3.86. The molecule has 34 heavy (non-hydrogen) atoms. The van der Waals surface area contributed by atoms with Gasteiger partial charge >= 0.3 is 0 Å². The van der Waals surface area contributed by atoms with Gasteiger partial charge in [0.2, 0.25) is 5.95 Å². The summed E-state index contributed by atoms with van der Waals surface area (Å²) in [4.78, 5) is 15.1. The number of aromatic nitrogens is 4. The molecule has 0 unspecified atom stereocenters. The minimum absolute atomic E-state index is 0.141. The minimum atomic E-state index is -0.141. The Morgan fingerprint density at radius 1 is 0.706 bits per heavy atom. The molecule has 0 saturated carbocycles. The Hall–Kier alpha value is -4.31. The van der Waals surface area contributed by atoms with Crippen molar-refractivity contribution in [2.24, 2.45) is 0 Å². The molecule has 0 bridgehead atoms. The summed E-state index contributed by atoms with van der Waals surface area (Å²) in [5.41, 5.74) is 8.65. The maximum Gasteiger partial charge on any atom is 0.237 e. The molecule has 4 nitrogen and oxygen atoms in total. The van der Waals surface area contributed by atoms with Gasteiger partial charge in [0.05, 0.1) is 16.9 Å². The van der Waals surface area contributed by atoms with Gasteiger partial charge in [-0.05, 0) is 29.3 Å². The van der Waals surface area contributed by atoms with Gasteiger partial charge in [0, 0.05) is 33.5 Å². The summed E-state index contributed by atoms with van der Waals surface area (Å²) >= 11 is 0. The topological polar surface area (TPSA) is 43.6 Å². The monoisotopic (exact) mass is 438 g/mol. The highest BCUT2D eigenvalue weighted by atomic mass is 15.2. The van der Waals surface area contributed by atoms with Gasteiger partial charge in [0.1, 0.15) is 5.65 Å². The molecule has 3 aromatic heterocycles. The van der Waals surface area contributed by atoms with Crippen molar-refractivity contribution in [2.75, 3.05) is 0 Å². The minimum Gasteiger partial charge on any atom is -0.261 e. The van der Waals surface area contributed by atoms with E-state index in [4.69, 9.17) is 15.0 Å². The molecule has 0 radical (unpaired) electrons. The summed E-state index contributed by atoms with van der Waals surface area (Å²) in [7, 11) is 0. The number of hydrogen-bond donors (Lipinski definition) is 0. The molecule has 1 aliphatic rings. The SMILES string of the molecule is CC1(C)c2ccccc2-c2c1c1cccnc1n2-c1nc(-c2ccccc2)c2ccccc2n1. The summed E-state index contributed by atoms with van der Waals surface area (Å²) in [5, 5.41) is 2.19. The normalized spacial score (nSPS) is 13.8. The van der Waals surface area contributed by atoms with Crippen molar-refractivity contribution in [1.29, 1.82) is 0 Å². The molecule has 0 spiro atoms. The zero-order chi connectivity index (χ0) is 22.9. The number of hydrogen-bond acceptors (Lipinski definition) is 3. The average molecular weight is 439 g/mol. The van der Waals surface area contributed by atoms with Gasteiger partial charge < -0.3 is 0 Å². The highest BCUT2D eigenvalue weighted by Gasteiger charge is 2.41. The van der Waals surface area contributed by atoms with Crippen molar-refractivity contribution in [1.82, 2.24) is 19.5 Å². The summed E-state index contributed by atoms with van der Waals surface area (Å²) in [5.74, 6) is 0.648. The molecule has 7 rings (SSSR count). The quantitative estimate of drug-likeness (QED) is 0.294. The summed E-state index contributed by atoms with van der Waals surface area (Å²) in [6, 6.07) is 31.4. The van der Waals surface area contributed by atoms with Crippen LogP contribution < -0.4 is 0 Å². The lowest BCUT2D eigenvalue weighted by atomic mass is 9.82. The van der Waals surface area contributed by atoms with Gasteiger partial charge in [-0.15, -0.1) is 0 Å². The summed E-state index contributed by atoms with van der Waals surface area (Å²) in [6.07, 6.45) is 1.85. The Bertz CT molecular complexity index is 1730. The maximum atomic E-state index is 5.17. The fourth-order valence-corrected chi connectivity index (χ4v) is 5.55. The van der Waals surface area contributed by atoms with Gasteiger partial charge in [0.15, 0.2) is 0 Å². The van der Waals surface area contributed by atoms with Crippen LogP contribution in [0.4, 0.5) is 0 Å². The lowest BCUT2D eigenvalue weighted by Gasteiger charge is -2.20. The van der Waals surface area contributed by atoms with Gasteiger partial charge in [-0.2, -0.15) is 0 Å². The molecule has 0 atom stereocenters. The van der Waals surface area contributed by atoms with Crippen molar-refractivity contribution >= 4 is 21.9 Å². The molecule has 1 aliphatic carbocycles. The molecule has 4 heteroatoms. The molecule has 0 aliphatic heterocycles. The molecule has 0 saturated heterocycles. The Balaban J connectivity index is 1.63. The lowest BCUT2D eigenvalue weighted by Crippen LogP contribution is -2.14. The highest BCUT2D eigenvalue weighted by molar-refractivity contribution is 5.98. The second-order valence-corrected chi connectivity index (χ2v) is 9.36. The number of nitrogens with zero attached hydrogens (tertiary/aromatic N) is 4. The molecule has 0 fully saturated rings. The Labute approximate surface area is 197 Å². The van der Waals surface area contributed by atoms with Crippen molar-refractivity contribution in [3.05, 3.63) is 108 Å². The van der Waals surface area contributed by atoms with Crippen molar-refractivity contribution in [2.45, 2.75) is 19.3 Å². The van der Waals surface area contributed by atoms with E-state index in [-0.39, 0.29) is 5.41 Å². The number of benzene rings is 3. The molecule has 3 heterocycles. The van der Waals surface area contributed by atoms with Crippen molar-refractivity contribution in [3.63, 3.8) is 0 Å². The molecule has 0 N–H and O–H groups in total. The van der Waals surface area contributed by atoms with E-state index in [1.807, 2.05) is 30.5 Å². The van der Waals surface area contributed by atoms with E-state index in [1.54, 1.807) is 0 Å². The fourth-order valence-electron chi connectivity index (χ4n) is 5.55. The molecular formula is C30H22N4. The number of pyridine rings is 1. The third kappa shape index (κ3) is 2.51. The average Bonchev–Trinajstić information content (AvgIpc) is 3.35. The zero-order valence-corrected chi connectivity index (χ0v) is 19.0. The van der Waals surface area contributed by atoms with E-state index in [9.17, 15) is 0 Å². The van der Waals surface area contributed by atoms with E-state index in [0.29, 0.717) is 5.95 Å². The third-order valence-electron chi connectivity index (χ3n) is 7.05. The Morgan fingerprint density at radius 2 is 1.44 bits per heavy atom. The molecule has 3 aromatic carbocycles. The first-order valence-electron chi connectivity index (χ1n) is 11.6. The van der Waals surface area contributed by atoms with Crippen LogP contribution in [0.5, 0.6) is 0 Å². The summed E-state index contributed by atoms with van der Waals surface area (Å²) in [6.45, 7) is 4.59. The van der Waals surface area contributed by atoms with Crippen LogP contribution in [0.3, 0.4) is 0 Å². The zero-order valence-electron chi connectivity index (χ0n) is 19.0. The highest BCUT2D eigenvalue weighted by Crippen LogP contribution is 2.53. The first-order chi connectivity index (χ1) is 16.6. The van der Waals surface area contributed by atoms with Crippen LogP contribution >= 0.6 is 0 Å². The second-order valence-electron chi connectivity index (χ2n) is 9.36. The van der Waals surface area contributed by atoms with Crippen LogP contribution in [-0.4, -0.2) is 19.5 Å². The molecule has 0 amide bonds. The first-order valence-corrected chi connectivity index (χ1v) is 11.6. The van der Waals surface area contributed by atoms with Crippen LogP contribution in [0.25, 0.3) is 50.4 Å². The largest absolute Gasteiger partial charge is 0.261 e. The van der Waals surface area contributed by atoms with Crippen LogP contribution in [0.1, 0.15) is 25.0 Å². The third-order valence-corrected chi connectivity index (χ3v) is 7.05. The van der Waals surface area contributed by atoms with Crippen LogP contribution in [0, 0.1) is 0 Å². The van der Waals surface area contributed by atoms with E-state index in [2.05, 4.69) is 85.1 Å². The van der Waals surface area contributed by atoms with Crippen LogP contribution in [0.2, 0.25) is 0 Å². The van der Waals surface area contributed by atoms with Crippen LogP contribution in [0.15, 0.2) is 97.2 Å². The number of fused-ring (bicyclic) bond motifs is 6. The standard InChI is InChI=1S/C30H22N4/c1-30(2)23-16-8-6-13-20(23)27-25(30)22-15-10-18-31-28(22)34(27)29-32-24-17-9-7-14-21(24)26(33-29)19-11-4-3-5-12-19/h3-18H,1-2H3. The van der Waals surface area contributed by atoms with Gasteiger partial charge in [-0.1, -0.05) is 86.6 Å². The van der Waals surface area contributed by atoms with Crippen molar-refractivity contribution < 1.29 is 0 Å². The van der Waals surface area contributed by atoms with Gasteiger partial charge in [-0.25, -0.2) is 15.0 Å². The molecular weight excluding hydrogens is 416 g/mol. The van der Waals surface area contributed by atoms with E-state index in [1.165, 1.54) is 16.7 Å². The van der Waals surface area contributed by atoms with Gasteiger partial charge in [-0.3, -0.25) is 4.57 Å². The fraction of sp³-hybridized carbons (Fsp3) is 0.100. The number of rotatable bonds is 2. The molecule has 6 aromatic rings. The van der Waals surface area contributed by atoms with Crippen molar-refractivity contribution in [3.8, 4) is 28.5 Å². The van der Waals surface area contributed by atoms with E-state index < -0.39 is 0 Å². The predicted molar refractivity (Wildman–Crippen MR) is 137 cm³/mol. The predicted octanol–water partition coefficient (Wildman–Crippen LogP) is 6.94. The number of para-hydroxylation sites is 1. The second kappa shape index (κ2) is 6.84. The maximum absolute atomic E-state index is 5.17. The smallest absolute Gasteiger partial charge is 0.237 e. The Morgan fingerprint density at radius 3 is 2.32 bits per heavy atom. The lowest BCUT2D eigenvalue weighted by molar-refractivity contribution is 0.666. The molecule has 162 valence electrons. The van der Waals surface area contributed by atoms with E-state index in [0.717, 1.165) is 38.9 Å². The van der Waals surface area contributed by atoms with E-state index >= 15 is 0 Å². The first kappa shape index (κ1) is 19.2. The van der Waals surface area contributed by atoms with Crippen LogP contribution in [-0.2, 0) is 5.41 Å². The van der Waals surface area contributed by atoms with Gasteiger partial charge in [0.25, 0.3) is 0 Å².